The van der Waals surface area contributed by atoms with E-state index in [1.54, 1.807) is 0 Å². The molecule has 4 heteroatoms. The van der Waals surface area contributed by atoms with Crippen LogP contribution in [0, 0.1) is 11.6 Å². The Kier molecular flexibility index (Phi) is 3.41. The minimum Gasteiger partial charge on any atom is -0.496 e. The van der Waals surface area contributed by atoms with Gasteiger partial charge < -0.3 is 9.84 Å². The molecule has 0 aromatic heterocycles. The Labute approximate surface area is 81.1 Å². The second-order valence-corrected chi connectivity index (χ2v) is 3.12. The largest absolute Gasteiger partial charge is 0.496 e. The first-order valence-corrected chi connectivity index (χ1v) is 4.24. The highest BCUT2D eigenvalue weighted by molar-refractivity contribution is 5.35. The van der Waals surface area contributed by atoms with Crippen LogP contribution < -0.4 is 4.74 Å². The van der Waals surface area contributed by atoms with Crippen molar-refractivity contribution in [3.63, 3.8) is 0 Å². The summed E-state index contributed by atoms with van der Waals surface area (Å²) in [5, 5.41) is 9.10. The lowest BCUT2D eigenvalue weighted by Gasteiger charge is -2.11. The second-order valence-electron chi connectivity index (χ2n) is 3.12. The monoisotopic (exact) mass is 202 g/mol. The van der Waals surface area contributed by atoms with Gasteiger partial charge in [-0.15, -0.1) is 0 Å². The van der Waals surface area contributed by atoms with Gasteiger partial charge in [0.15, 0.2) is 0 Å². The first kappa shape index (κ1) is 10.9. The lowest BCUT2D eigenvalue weighted by Crippen LogP contribution is -2.08. The van der Waals surface area contributed by atoms with Crippen molar-refractivity contribution in [1.29, 1.82) is 0 Å². The van der Waals surface area contributed by atoms with Gasteiger partial charge in [0.1, 0.15) is 17.4 Å². The van der Waals surface area contributed by atoms with Gasteiger partial charge in [0, 0.05) is 24.1 Å². The van der Waals surface area contributed by atoms with Crippen LogP contribution in [0.15, 0.2) is 12.1 Å². The van der Waals surface area contributed by atoms with Gasteiger partial charge in [-0.1, -0.05) is 0 Å². The number of halogens is 2. The molecule has 0 saturated carbocycles. The van der Waals surface area contributed by atoms with Crippen molar-refractivity contribution in [2.24, 2.45) is 0 Å². The Balaban J connectivity index is 3.11. The van der Waals surface area contributed by atoms with Crippen molar-refractivity contribution < 1.29 is 18.6 Å². The normalized spacial score (nSPS) is 12.6. The fourth-order valence-electron chi connectivity index (χ4n) is 1.26. The smallest absolute Gasteiger partial charge is 0.133 e. The second kappa shape index (κ2) is 4.37. The molecule has 0 fully saturated rings. The van der Waals surface area contributed by atoms with Gasteiger partial charge in [0.25, 0.3) is 0 Å². The van der Waals surface area contributed by atoms with Crippen molar-refractivity contribution in [1.82, 2.24) is 0 Å². The van der Waals surface area contributed by atoms with Crippen molar-refractivity contribution in [3.05, 3.63) is 29.3 Å². The Morgan fingerprint density at radius 1 is 1.43 bits per heavy atom. The topological polar surface area (TPSA) is 29.5 Å². The Morgan fingerprint density at radius 3 is 2.57 bits per heavy atom. The molecule has 14 heavy (non-hydrogen) atoms. The van der Waals surface area contributed by atoms with Crippen LogP contribution in [-0.4, -0.2) is 18.3 Å². The van der Waals surface area contributed by atoms with E-state index < -0.39 is 17.7 Å². The highest BCUT2D eigenvalue weighted by atomic mass is 19.1. The van der Waals surface area contributed by atoms with E-state index in [1.165, 1.54) is 14.0 Å². The van der Waals surface area contributed by atoms with Crippen molar-refractivity contribution in [2.75, 3.05) is 7.11 Å². The predicted molar refractivity (Wildman–Crippen MR) is 48.3 cm³/mol. The maximum Gasteiger partial charge on any atom is 0.133 e. The summed E-state index contributed by atoms with van der Waals surface area (Å²) in [5.41, 5.74) is 0.198. The molecule has 0 unspecified atom stereocenters. The summed E-state index contributed by atoms with van der Waals surface area (Å²) in [6.07, 6.45) is -0.584. The number of benzene rings is 1. The lowest BCUT2D eigenvalue weighted by atomic mass is 10.1. The molecule has 0 amide bonds. The Bertz CT molecular complexity index is 324. The molecule has 0 saturated heterocycles. The van der Waals surface area contributed by atoms with Crippen LogP contribution in [0.1, 0.15) is 12.5 Å². The van der Waals surface area contributed by atoms with E-state index >= 15 is 0 Å². The minimum absolute atomic E-state index is 0.106. The van der Waals surface area contributed by atoms with E-state index in [9.17, 15) is 8.78 Å². The van der Waals surface area contributed by atoms with Crippen LogP contribution in [0.5, 0.6) is 5.75 Å². The predicted octanol–water partition coefficient (Wildman–Crippen LogP) is 1.90. The van der Waals surface area contributed by atoms with Gasteiger partial charge in [-0.25, -0.2) is 8.78 Å². The van der Waals surface area contributed by atoms with Gasteiger partial charge in [-0.05, 0) is 6.92 Å². The summed E-state index contributed by atoms with van der Waals surface area (Å²) in [5.74, 6) is -1.25. The number of hydrogen-bond acceptors (Lipinski definition) is 2. The summed E-state index contributed by atoms with van der Waals surface area (Å²) in [7, 11) is 1.33. The molecule has 1 atom stereocenters. The highest BCUT2D eigenvalue weighted by Crippen LogP contribution is 2.24. The standard InChI is InChI=1S/C10H12F2O2/c1-6(13)3-8-9(12)4-7(11)5-10(8)14-2/h4-6,13H,3H2,1-2H3/t6-/m1/s1. The first-order valence-electron chi connectivity index (χ1n) is 4.24. The molecule has 0 bridgehead atoms. The summed E-state index contributed by atoms with van der Waals surface area (Å²) >= 11 is 0. The number of hydrogen-bond donors (Lipinski definition) is 1. The molecule has 1 aromatic carbocycles. The fraction of sp³-hybridized carbons (Fsp3) is 0.400. The molecule has 0 heterocycles. The minimum atomic E-state index is -0.692. The first-order chi connectivity index (χ1) is 6.54. The summed E-state index contributed by atoms with van der Waals surface area (Å²) in [6, 6.07) is 1.88. The SMILES string of the molecule is COc1cc(F)cc(F)c1C[C@@H](C)O. The third-order valence-corrected chi connectivity index (χ3v) is 1.84. The quantitative estimate of drug-likeness (QED) is 0.811. The van der Waals surface area contributed by atoms with Crippen LogP contribution in [0.4, 0.5) is 8.78 Å². The van der Waals surface area contributed by atoms with Crippen LogP contribution in [0.25, 0.3) is 0 Å². The number of aliphatic hydroxyl groups is 1. The molecule has 1 rings (SSSR count). The van der Waals surface area contributed by atoms with Gasteiger partial charge in [-0.2, -0.15) is 0 Å². The summed E-state index contributed by atoms with van der Waals surface area (Å²) < 4.78 is 30.8. The van der Waals surface area contributed by atoms with Crippen LogP contribution in [0.2, 0.25) is 0 Å². The lowest BCUT2D eigenvalue weighted by molar-refractivity contribution is 0.192. The maximum atomic E-state index is 13.2. The summed E-state index contributed by atoms with van der Waals surface area (Å²) in [6.45, 7) is 1.53. The van der Waals surface area contributed by atoms with Crippen molar-refractivity contribution in [3.8, 4) is 5.75 Å². The zero-order valence-electron chi connectivity index (χ0n) is 8.05. The van der Waals surface area contributed by atoms with E-state index in [2.05, 4.69) is 0 Å². The molecule has 0 aliphatic rings. The number of ether oxygens (including phenoxy) is 1. The molecule has 2 nitrogen and oxygen atoms in total. The third-order valence-electron chi connectivity index (χ3n) is 1.84. The van der Waals surface area contributed by atoms with E-state index in [0.29, 0.717) is 0 Å². The van der Waals surface area contributed by atoms with Gasteiger partial charge in [0.2, 0.25) is 0 Å². The molecule has 0 aliphatic heterocycles. The van der Waals surface area contributed by atoms with Crippen LogP contribution in [0.3, 0.4) is 0 Å². The van der Waals surface area contributed by atoms with Crippen LogP contribution in [-0.2, 0) is 6.42 Å². The summed E-state index contributed by atoms with van der Waals surface area (Å²) in [4.78, 5) is 0. The molecule has 0 aliphatic carbocycles. The third kappa shape index (κ3) is 2.42. The molecular formula is C10H12F2O2. The van der Waals surface area contributed by atoms with Gasteiger partial charge in [0.05, 0.1) is 13.2 Å². The van der Waals surface area contributed by atoms with Gasteiger partial charge in [-0.3, -0.25) is 0 Å². The molecule has 1 aromatic rings. The average Bonchev–Trinajstić information content (AvgIpc) is 2.08. The molecule has 0 radical (unpaired) electrons. The van der Waals surface area contributed by atoms with E-state index in [4.69, 9.17) is 9.84 Å². The van der Waals surface area contributed by atoms with Crippen molar-refractivity contribution in [2.45, 2.75) is 19.4 Å². The average molecular weight is 202 g/mol. The fourth-order valence-corrected chi connectivity index (χ4v) is 1.26. The van der Waals surface area contributed by atoms with E-state index in [-0.39, 0.29) is 17.7 Å². The molecule has 0 spiro atoms. The Morgan fingerprint density at radius 2 is 2.07 bits per heavy atom. The van der Waals surface area contributed by atoms with Crippen molar-refractivity contribution >= 4 is 0 Å². The van der Waals surface area contributed by atoms with E-state index in [1.807, 2.05) is 0 Å². The zero-order chi connectivity index (χ0) is 10.7. The Hall–Kier alpha value is -1.16. The maximum absolute atomic E-state index is 13.2. The molecule has 1 N–H and O–H groups in total. The van der Waals surface area contributed by atoms with E-state index in [0.717, 1.165) is 12.1 Å². The molecule has 78 valence electrons. The number of aliphatic hydroxyl groups excluding tert-OH is 1. The zero-order valence-corrected chi connectivity index (χ0v) is 8.05. The number of rotatable bonds is 3. The van der Waals surface area contributed by atoms with Gasteiger partial charge >= 0.3 is 0 Å². The number of methoxy groups -OCH3 is 1. The molecular weight excluding hydrogens is 190 g/mol. The highest BCUT2D eigenvalue weighted by Gasteiger charge is 2.13. The van der Waals surface area contributed by atoms with Crippen LogP contribution >= 0.6 is 0 Å².